The Bertz CT molecular complexity index is 1200. The van der Waals surface area contributed by atoms with E-state index in [9.17, 15) is 22.0 Å². The van der Waals surface area contributed by atoms with Crippen molar-refractivity contribution < 1.29 is 26.7 Å². The van der Waals surface area contributed by atoms with Gasteiger partial charge in [0.05, 0.1) is 17.5 Å². The van der Waals surface area contributed by atoms with Gasteiger partial charge in [-0.3, -0.25) is 9.52 Å². The maximum atomic E-state index is 13.4. The standard InChI is InChI=1S/C23H22F2N2O4S/c1-3-31-19-9-11-20(12-10-19)32(29,30)27-18-7-4-16(5-8-18)23(28)26-15(2)17-6-13-21(24)22(25)14-17/h4-15,27H,3H2,1-2H3,(H,26,28). The van der Waals surface area contributed by atoms with Crippen molar-refractivity contribution in [3.05, 3.63) is 89.5 Å². The van der Waals surface area contributed by atoms with Gasteiger partial charge in [0.25, 0.3) is 15.9 Å². The molecule has 1 amide bonds. The number of sulfonamides is 1. The maximum absolute atomic E-state index is 13.4. The molecule has 3 rings (SSSR count). The van der Waals surface area contributed by atoms with Crippen LogP contribution < -0.4 is 14.8 Å². The Labute approximate surface area is 185 Å². The van der Waals surface area contributed by atoms with Crippen LogP contribution in [0.25, 0.3) is 0 Å². The molecule has 0 radical (unpaired) electrons. The Morgan fingerprint density at radius 3 is 2.22 bits per heavy atom. The number of benzene rings is 3. The van der Waals surface area contributed by atoms with Gasteiger partial charge < -0.3 is 10.1 Å². The van der Waals surface area contributed by atoms with Gasteiger partial charge in [-0.15, -0.1) is 0 Å². The highest BCUT2D eigenvalue weighted by molar-refractivity contribution is 7.92. The second-order valence-corrected chi connectivity index (χ2v) is 8.64. The first kappa shape index (κ1) is 23.2. The third-order valence-corrected chi connectivity index (χ3v) is 6.03. The number of rotatable bonds is 8. The van der Waals surface area contributed by atoms with Crippen molar-refractivity contribution in [3.63, 3.8) is 0 Å². The van der Waals surface area contributed by atoms with Gasteiger partial charge in [-0.25, -0.2) is 17.2 Å². The van der Waals surface area contributed by atoms with E-state index >= 15 is 0 Å². The third kappa shape index (κ3) is 5.61. The average Bonchev–Trinajstić information content (AvgIpc) is 2.76. The van der Waals surface area contributed by atoms with Crippen LogP contribution >= 0.6 is 0 Å². The number of hydrogen-bond donors (Lipinski definition) is 2. The summed E-state index contributed by atoms with van der Waals surface area (Å²) in [5, 5.41) is 2.69. The maximum Gasteiger partial charge on any atom is 0.261 e. The fourth-order valence-electron chi connectivity index (χ4n) is 2.93. The molecule has 0 saturated heterocycles. The van der Waals surface area contributed by atoms with E-state index in [1.54, 1.807) is 19.1 Å². The Balaban J connectivity index is 1.65. The van der Waals surface area contributed by atoms with E-state index in [2.05, 4.69) is 10.0 Å². The van der Waals surface area contributed by atoms with Crippen LogP contribution in [0, 0.1) is 11.6 Å². The van der Waals surface area contributed by atoms with E-state index in [1.165, 1.54) is 42.5 Å². The molecule has 0 aliphatic carbocycles. The van der Waals surface area contributed by atoms with Crippen LogP contribution in [0.1, 0.15) is 35.8 Å². The fraction of sp³-hybridized carbons (Fsp3) is 0.174. The monoisotopic (exact) mass is 460 g/mol. The highest BCUT2D eigenvalue weighted by atomic mass is 32.2. The lowest BCUT2D eigenvalue weighted by atomic mass is 10.1. The van der Waals surface area contributed by atoms with Crippen molar-refractivity contribution in [2.75, 3.05) is 11.3 Å². The molecule has 168 valence electrons. The second-order valence-electron chi connectivity index (χ2n) is 6.96. The lowest BCUT2D eigenvalue weighted by molar-refractivity contribution is 0.0940. The number of ether oxygens (including phenoxy) is 1. The van der Waals surface area contributed by atoms with E-state index in [4.69, 9.17) is 4.74 Å². The number of halogens is 2. The predicted octanol–water partition coefficient (Wildman–Crippen LogP) is 4.66. The van der Waals surface area contributed by atoms with E-state index < -0.39 is 33.6 Å². The summed E-state index contributed by atoms with van der Waals surface area (Å²) >= 11 is 0. The fourth-order valence-corrected chi connectivity index (χ4v) is 3.99. The molecule has 0 fully saturated rings. The molecular formula is C23H22F2N2O4S. The molecule has 0 heterocycles. The van der Waals surface area contributed by atoms with Gasteiger partial charge >= 0.3 is 0 Å². The summed E-state index contributed by atoms with van der Waals surface area (Å²) in [6.07, 6.45) is 0. The van der Waals surface area contributed by atoms with Crippen LogP contribution in [0.4, 0.5) is 14.5 Å². The summed E-state index contributed by atoms with van der Waals surface area (Å²) in [5.74, 6) is -1.83. The molecule has 3 aromatic rings. The van der Waals surface area contributed by atoms with Gasteiger partial charge in [0.15, 0.2) is 11.6 Å². The molecule has 1 atom stereocenters. The Morgan fingerprint density at radius 1 is 0.969 bits per heavy atom. The molecule has 0 saturated carbocycles. The van der Waals surface area contributed by atoms with E-state index in [0.29, 0.717) is 17.9 Å². The van der Waals surface area contributed by atoms with Crippen molar-refractivity contribution in [2.24, 2.45) is 0 Å². The largest absolute Gasteiger partial charge is 0.494 e. The summed E-state index contributed by atoms with van der Waals surface area (Å²) < 4.78 is 59.4. The molecular weight excluding hydrogens is 438 g/mol. The van der Waals surface area contributed by atoms with Gasteiger partial charge in [-0.05, 0) is 80.1 Å². The smallest absolute Gasteiger partial charge is 0.261 e. The van der Waals surface area contributed by atoms with Crippen LogP contribution in [0.2, 0.25) is 0 Å². The molecule has 0 bridgehead atoms. The number of carbonyl (C=O) groups excluding carboxylic acids is 1. The normalized spacial score (nSPS) is 12.1. The topological polar surface area (TPSA) is 84.5 Å². The van der Waals surface area contributed by atoms with Crippen LogP contribution in [-0.4, -0.2) is 20.9 Å². The van der Waals surface area contributed by atoms with Gasteiger partial charge in [-0.1, -0.05) is 6.07 Å². The van der Waals surface area contributed by atoms with Gasteiger partial charge in [-0.2, -0.15) is 0 Å². The number of amides is 1. The quantitative estimate of drug-likeness (QED) is 0.512. The lowest BCUT2D eigenvalue weighted by Gasteiger charge is -2.15. The third-order valence-electron chi connectivity index (χ3n) is 4.64. The van der Waals surface area contributed by atoms with Gasteiger partial charge in [0.2, 0.25) is 0 Å². The minimum atomic E-state index is -3.81. The highest BCUT2D eigenvalue weighted by Gasteiger charge is 2.16. The molecule has 9 heteroatoms. The number of nitrogens with one attached hydrogen (secondary N) is 2. The molecule has 6 nitrogen and oxygen atoms in total. The Morgan fingerprint density at radius 2 is 1.62 bits per heavy atom. The average molecular weight is 461 g/mol. The van der Waals surface area contributed by atoms with E-state index in [0.717, 1.165) is 12.1 Å². The lowest BCUT2D eigenvalue weighted by Crippen LogP contribution is -2.26. The van der Waals surface area contributed by atoms with Gasteiger partial charge in [0, 0.05) is 11.3 Å². The van der Waals surface area contributed by atoms with Crippen LogP contribution in [-0.2, 0) is 10.0 Å². The zero-order chi connectivity index (χ0) is 23.3. The number of carbonyl (C=O) groups is 1. The molecule has 0 aromatic heterocycles. The molecule has 1 unspecified atom stereocenters. The first-order chi connectivity index (χ1) is 15.2. The minimum Gasteiger partial charge on any atom is -0.494 e. The number of hydrogen-bond acceptors (Lipinski definition) is 4. The van der Waals surface area contributed by atoms with Crippen molar-refractivity contribution in [1.82, 2.24) is 5.32 Å². The first-order valence-corrected chi connectivity index (χ1v) is 11.3. The Hall–Kier alpha value is -3.46. The molecule has 0 spiro atoms. The molecule has 0 aliphatic rings. The Kier molecular flexibility index (Phi) is 7.09. The second kappa shape index (κ2) is 9.78. The predicted molar refractivity (Wildman–Crippen MR) is 117 cm³/mol. The molecule has 2 N–H and O–H groups in total. The summed E-state index contributed by atoms with van der Waals surface area (Å²) in [4.78, 5) is 12.5. The van der Waals surface area contributed by atoms with Crippen molar-refractivity contribution in [1.29, 1.82) is 0 Å². The SMILES string of the molecule is CCOc1ccc(S(=O)(=O)Nc2ccc(C(=O)NC(C)c3ccc(F)c(F)c3)cc2)cc1. The van der Waals surface area contributed by atoms with Crippen molar-refractivity contribution in [2.45, 2.75) is 24.8 Å². The van der Waals surface area contributed by atoms with E-state index in [-0.39, 0.29) is 16.1 Å². The van der Waals surface area contributed by atoms with Crippen molar-refractivity contribution >= 4 is 21.6 Å². The van der Waals surface area contributed by atoms with Crippen LogP contribution in [0.15, 0.2) is 71.6 Å². The van der Waals surface area contributed by atoms with E-state index in [1.807, 2.05) is 6.92 Å². The van der Waals surface area contributed by atoms with Gasteiger partial charge in [0.1, 0.15) is 5.75 Å². The molecule has 3 aromatic carbocycles. The zero-order valence-corrected chi connectivity index (χ0v) is 18.2. The molecule has 32 heavy (non-hydrogen) atoms. The minimum absolute atomic E-state index is 0.0723. The van der Waals surface area contributed by atoms with Crippen molar-refractivity contribution in [3.8, 4) is 5.75 Å². The summed E-state index contributed by atoms with van der Waals surface area (Å²) in [6, 6.07) is 14.7. The summed E-state index contributed by atoms with van der Waals surface area (Å²) in [7, 11) is -3.81. The number of anilines is 1. The zero-order valence-electron chi connectivity index (χ0n) is 17.4. The highest BCUT2D eigenvalue weighted by Crippen LogP contribution is 2.21. The molecule has 0 aliphatic heterocycles. The van der Waals surface area contributed by atoms with Crippen LogP contribution in [0.5, 0.6) is 5.75 Å². The summed E-state index contributed by atoms with van der Waals surface area (Å²) in [5.41, 5.74) is 0.976. The first-order valence-electron chi connectivity index (χ1n) is 9.81. The van der Waals surface area contributed by atoms with Crippen LogP contribution in [0.3, 0.4) is 0 Å². The summed E-state index contributed by atoms with van der Waals surface area (Å²) in [6.45, 7) is 3.95.